The molecule has 0 saturated heterocycles. The lowest BCUT2D eigenvalue weighted by Crippen LogP contribution is -2.34. The van der Waals surface area contributed by atoms with Crippen LogP contribution in [-0.4, -0.2) is 19.0 Å². The van der Waals surface area contributed by atoms with E-state index in [0.717, 1.165) is 13.0 Å². The van der Waals surface area contributed by atoms with Gasteiger partial charge in [-0.2, -0.15) is 0 Å². The lowest BCUT2D eigenvalue weighted by atomic mass is 9.89. The number of hydrogen-bond acceptors (Lipinski definition) is 2. The SMILES string of the molecule is CCC(=O)NCC(C)(C)CCN. The number of nitrogens with two attached hydrogens (primary N) is 1. The van der Waals surface area contributed by atoms with E-state index in [-0.39, 0.29) is 11.3 Å². The second-order valence-electron chi connectivity index (χ2n) is 3.83. The van der Waals surface area contributed by atoms with Crippen LogP contribution in [0.5, 0.6) is 0 Å². The van der Waals surface area contributed by atoms with Gasteiger partial charge in [0.05, 0.1) is 0 Å². The molecule has 0 rings (SSSR count). The maximum atomic E-state index is 10.9. The van der Waals surface area contributed by atoms with Gasteiger partial charge in [0.25, 0.3) is 0 Å². The van der Waals surface area contributed by atoms with E-state index in [2.05, 4.69) is 19.2 Å². The first kappa shape index (κ1) is 11.4. The zero-order chi connectivity index (χ0) is 9.61. The smallest absolute Gasteiger partial charge is 0.219 e. The maximum Gasteiger partial charge on any atom is 0.219 e. The molecule has 0 spiro atoms. The van der Waals surface area contributed by atoms with Gasteiger partial charge in [-0.15, -0.1) is 0 Å². The molecule has 0 aliphatic rings. The van der Waals surface area contributed by atoms with Crippen LogP contribution in [0.3, 0.4) is 0 Å². The van der Waals surface area contributed by atoms with Gasteiger partial charge in [0.15, 0.2) is 0 Å². The van der Waals surface area contributed by atoms with Crippen molar-refractivity contribution in [3.63, 3.8) is 0 Å². The number of amides is 1. The van der Waals surface area contributed by atoms with Gasteiger partial charge in [0, 0.05) is 13.0 Å². The van der Waals surface area contributed by atoms with Crippen molar-refractivity contribution in [1.82, 2.24) is 5.32 Å². The van der Waals surface area contributed by atoms with Crippen molar-refractivity contribution in [3.8, 4) is 0 Å². The molecule has 3 N–H and O–H groups in total. The van der Waals surface area contributed by atoms with Gasteiger partial charge >= 0.3 is 0 Å². The molecule has 0 aromatic heterocycles. The highest BCUT2D eigenvalue weighted by Crippen LogP contribution is 2.17. The van der Waals surface area contributed by atoms with E-state index in [1.54, 1.807) is 0 Å². The van der Waals surface area contributed by atoms with Crippen molar-refractivity contribution in [2.45, 2.75) is 33.6 Å². The van der Waals surface area contributed by atoms with E-state index in [1.165, 1.54) is 0 Å². The average Bonchev–Trinajstić information content (AvgIpc) is 2.00. The topological polar surface area (TPSA) is 55.1 Å². The second-order valence-corrected chi connectivity index (χ2v) is 3.83. The third-order valence-electron chi connectivity index (χ3n) is 1.91. The van der Waals surface area contributed by atoms with Crippen molar-refractivity contribution in [2.24, 2.45) is 11.1 Å². The van der Waals surface area contributed by atoms with Crippen molar-refractivity contribution in [2.75, 3.05) is 13.1 Å². The summed E-state index contributed by atoms with van der Waals surface area (Å²) in [6.45, 7) is 7.46. The molecule has 0 saturated carbocycles. The largest absolute Gasteiger partial charge is 0.356 e. The van der Waals surface area contributed by atoms with Crippen LogP contribution < -0.4 is 11.1 Å². The number of carbonyl (C=O) groups excluding carboxylic acids is 1. The highest BCUT2D eigenvalue weighted by Gasteiger charge is 2.16. The van der Waals surface area contributed by atoms with Crippen LogP contribution in [0, 0.1) is 5.41 Å². The van der Waals surface area contributed by atoms with Gasteiger partial charge in [-0.3, -0.25) is 4.79 Å². The molecule has 3 nitrogen and oxygen atoms in total. The number of carbonyl (C=O) groups is 1. The number of nitrogens with one attached hydrogen (secondary N) is 1. The van der Waals surface area contributed by atoms with Crippen LogP contribution in [-0.2, 0) is 4.79 Å². The van der Waals surface area contributed by atoms with Crippen molar-refractivity contribution >= 4 is 5.91 Å². The van der Waals surface area contributed by atoms with Crippen LogP contribution in [0.25, 0.3) is 0 Å². The Balaban J connectivity index is 3.67. The van der Waals surface area contributed by atoms with E-state index in [1.807, 2.05) is 6.92 Å². The van der Waals surface area contributed by atoms with Gasteiger partial charge in [-0.1, -0.05) is 20.8 Å². The first-order valence-corrected chi connectivity index (χ1v) is 4.48. The Labute approximate surface area is 74.7 Å². The summed E-state index contributed by atoms with van der Waals surface area (Å²) >= 11 is 0. The van der Waals surface area contributed by atoms with Crippen molar-refractivity contribution in [1.29, 1.82) is 0 Å². The van der Waals surface area contributed by atoms with Crippen LogP contribution in [0.15, 0.2) is 0 Å². The molecular formula is C9H20N2O. The Morgan fingerprint density at radius 1 is 1.50 bits per heavy atom. The molecule has 12 heavy (non-hydrogen) atoms. The molecule has 3 heteroatoms. The van der Waals surface area contributed by atoms with Gasteiger partial charge in [-0.05, 0) is 18.4 Å². The summed E-state index contributed by atoms with van der Waals surface area (Å²) < 4.78 is 0. The molecule has 0 bridgehead atoms. The summed E-state index contributed by atoms with van der Waals surface area (Å²) in [5, 5.41) is 2.86. The highest BCUT2D eigenvalue weighted by atomic mass is 16.1. The third-order valence-corrected chi connectivity index (χ3v) is 1.91. The molecular weight excluding hydrogens is 152 g/mol. The standard InChI is InChI=1S/C9H20N2O/c1-4-8(12)11-7-9(2,3)5-6-10/h4-7,10H2,1-3H3,(H,11,12). The molecule has 0 heterocycles. The van der Waals surface area contributed by atoms with Gasteiger partial charge in [0.2, 0.25) is 5.91 Å². The molecule has 0 aromatic carbocycles. The molecule has 1 amide bonds. The summed E-state index contributed by atoms with van der Waals surface area (Å²) in [7, 11) is 0. The molecule has 0 aliphatic heterocycles. The predicted molar refractivity (Wildman–Crippen MR) is 50.8 cm³/mol. The number of hydrogen-bond donors (Lipinski definition) is 2. The zero-order valence-corrected chi connectivity index (χ0v) is 8.31. The number of rotatable bonds is 5. The first-order valence-electron chi connectivity index (χ1n) is 4.48. The summed E-state index contributed by atoms with van der Waals surface area (Å²) in [5.74, 6) is 0.111. The van der Waals surface area contributed by atoms with E-state index < -0.39 is 0 Å². The minimum atomic E-state index is 0.111. The lowest BCUT2D eigenvalue weighted by Gasteiger charge is -2.23. The van der Waals surface area contributed by atoms with E-state index in [9.17, 15) is 4.79 Å². The first-order chi connectivity index (χ1) is 5.52. The normalized spacial score (nSPS) is 11.3. The van der Waals surface area contributed by atoms with Crippen LogP contribution >= 0.6 is 0 Å². The fraction of sp³-hybridized carbons (Fsp3) is 0.889. The van der Waals surface area contributed by atoms with E-state index >= 15 is 0 Å². The van der Waals surface area contributed by atoms with Crippen LogP contribution in [0.2, 0.25) is 0 Å². The van der Waals surface area contributed by atoms with Gasteiger partial charge < -0.3 is 11.1 Å². The molecule has 72 valence electrons. The molecule has 0 atom stereocenters. The summed E-state index contributed by atoms with van der Waals surface area (Å²) in [6, 6.07) is 0. The molecule has 0 aromatic rings. The summed E-state index contributed by atoms with van der Waals surface area (Å²) in [6.07, 6.45) is 1.50. The zero-order valence-electron chi connectivity index (χ0n) is 8.31. The maximum absolute atomic E-state index is 10.9. The van der Waals surface area contributed by atoms with Gasteiger partial charge in [0.1, 0.15) is 0 Å². The average molecular weight is 172 g/mol. The predicted octanol–water partition coefficient (Wildman–Crippen LogP) is 0.888. The fourth-order valence-electron chi connectivity index (χ4n) is 0.942. The van der Waals surface area contributed by atoms with Crippen molar-refractivity contribution < 1.29 is 4.79 Å². The van der Waals surface area contributed by atoms with Crippen LogP contribution in [0.4, 0.5) is 0 Å². The monoisotopic (exact) mass is 172 g/mol. The Morgan fingerprint density at radius 3 is 2.50 bits per heavy atom. The Bertz CT molecular complexity index is 143. The van der Waals surface area contributed by atoms with Gasteiger partial charge in [-0.25, -0.2) is 0 Å². The molecule has 0 aliphatic carbocycles. The van der Waals surface area contributed by atoms with E-state index in [4.69, 9.17) is 5.73 Å². The Kier molecular flexibility index (Phi) is 4.90. The van der Waals surface area contributed by atoms with Crippen molar-refractivity contribution in [3.05, 3.63) is 0 Å². The molecule has 0 fully saturated rings. The molecule has 0 unspecified atom stereocenters. The quantitative estimate of drug-likeness (QED) is 0.647. The van der Waals surface area contributed by atoms with E-state index in [0.29, 0.717) is 13.0 Å². The fourth-order valence-corrected chi connectivity index (χ4v) is 0.942. The minimum Gasteiger partial charge on any atom is -0.356 e. The minimum absolute atomic E-state index is 0.111. The Morgan fingerprint density at radius 2 is 2.08 bits per heavy atom. The summed E-state index contributed by atoms with van der Waals surface area (Å²) in [4.78, 5) is 10.9. The van der Waals surface area contributed by atoms with Crippen LogP contribution in [0.1, 0.15) is 33.6 Å². The summed E-state index contributed by atoms with van der Waals surface area (Å²) in [5.41, 5.74) is 5.57. The molecule has 0 radical (unpaired) electrons. The lowest BCUT2D eigenvalue weighted by molar-refractivity contribution is -0.121. The second kappa shape index (κ2) is 5.14. The third kappa shape index (κ3) is 5.13. The Hall–Kier alpha value is -0.570. The highest BCUT2D eigenvalue weighted by molar-refractivity contribution is 5.75.